The molecule has 1 spiro atoms. The molecular weight excluding hydrogens is 484 g/mol. The van der Waals surface area contributed by atoms with Crippen LogP contribution in [-0.2, 0) is 14.3 Å². The zero-order chi connectivity index (χ0) is 28.8. The van der Waals surface area contributed by atoms with Gasteiger partial charge in [-0.05, 0) is 58.3 Å². The van der Waals surface area contributed by atoms with Crippen molar-refractivity contribution in [2.75, 3.05) is 0 Å². The first-order valence-electron chi connectivity index (χ1n) is 15.5. The van der Waals surface area contributed by atoms with E-state index in [1.54, 1.807) is 0 Å². The van der Waals surface area contributed by atoms with Crippen molar-refractivity contribution in [3.05, 3.63) is 59.8 Å². The van der Waals surface area contributed by atoms with E-state index < -0.39 is 11.9 Å². The normalized spacial score (nSPS) is 30.6. The minimum absolute atomic E-state index is 0.0328. The van der Waals surface area contributed by atoms with Crippen molar-refractivity contribution in [1.29, 1.82) is 0 Å². The third-order valence-corrected chi connectivity index (χ3v) is 8.48. The van der Waals surface area contributed by atoms with Gasteiger partial charge in [-0.25, -0.2) is 0 Å². The maximum atomic E-state index is 11.7. The number of ketones is 1. The Kier molecular flexibility index (Phi) is 14.7. The predicted octanol–water partition coefficient (Wildman–Crippen LogP) is 8.82. The number of ether oxygens (including phenoxy) is 2. The Hall–Kier alpha value is -1.75. The monoisotopic (exact) mass is 540 g/mol. The summed E-state index contributed by atoms with van der Waals surface area (Å²) in [6, 6.07) is 0. The number of hydrogen-bond donors (Lipinski definition) is 1. The number of Topliss-reactive ketones (excluding diaryl/α,β-unsaturated/α-hetero) is 1. The molecule has 2 aliphatic rings. The molecule has 0 amide bonds. The summed E-state index contributed by atoms with van der Waals surface area (Å²) in [5.41, 5.74) is 2.26. The Morgan fingerprint density at radius 1 is 1.05 bits per heavy atom. The summed E-state index contributed by atoms with van der Waals surface area (Å²) in [5, 5.41) is 10.3. The van der Waals surface area contributed by atoms with Crippen LogP contribution in [0.15, 0.2) is 59.8 Å². The van der Waals surface area contributed by atoms with Crippen LogP contribution in [0.5, 0.6) is 0 Å². The Bertz CT molecular complexity index is 894. The van der Waals surface area contributed by atoms with Crippen molar-refractivity contribution >= 4 is 5.78 Å². The van der Waals surface area contributed by atoms with Gasteiger partial charge in [0.15, 0.2) is 5.79 Å². The summed E-state index contributed by atoms with van der Waals surface area (Å²) < 4.78 is 13.7. The Labute approximate surface area is 239 Å². The van der Waals surface area contributed by atoms with Crippen molar-refractivity contribution < 1.29 is 19.4 Å². The third kappa shape index (κ3) is 11.3. The minimum atomic E-state index is -0.514. The maximum Gasteiger partial charge on any atom is 0.169 e. The third-order valence-electron chi connectivity index (χ3n) is 8.48. The topological polar surface area (TPSA) is 55.8 Å². The highest BCUT2D eigenvalue weighted by atomic mass is 16.7. The second-order valence-electron chi connectivity index (χ2n) is 11.9. The van der Waals surface area contributed by atoms with Crippen molar-refractivity contribution in [1.82, 2.24) is 0 Å². The number of allylic oxidation sites excluding steroid dienone is 6. The number of rotatable bonds is 14. The average molecular weight is 541 g/mol. The zero-order valence-corrected chi connectivity index (χ0v) is 25.8. The fourth-order valence-corrected chi connectivity index (χ4v) is 5.53. The molecule has 0 bridgehead atoms. The first-order chi connectivity index (χ1) is 18.6. The van der Waals surface area contributed by atoms with Crippen molar-refractivity contribution in [3.63, 3.8) is 0 Å². The van der Waals surface area contributed by atoms with E-state index in [2.05, 4.69) is 45.9 Å². The Balaban J connectivity index is 2.09. The van der Waals surface area contributed by atoms with E-state index >= 15 is 0 Å². The van der Waals surface area contributed by atoms with Crippen LogP contribution < -0.4 is 0 Å². The highest BCUT2D eigenvalue weighted by Crippen LogP contribution is 2.45. The second kappa shape index (κ2) is 17.1. The van der Waals surface area contributed by atoms with Crippen LogP contribution in [-0.4, -0.2) is 35.0 Å². The van der Waals surface area contributed by atoms with Gasteiger partial charge >= 0.3 is 0 Å². The Morgan fingerprint density at radius 3 is 2.46 bits per heavy atom. The summed E-state index contributed by atoms with van der Waals surface area (Å²) in [5.74, 6) is 0.833. The Morgan fingerprint density at radius 2 is 1.77 bits per heavy atom. The summed E-state index contributed by atoms with van der Waals surface area (Å²) >= 11 is 0. The molecule has 0 aromatic carbocycles. The molecule has 2 saturated heterocycles. The number of aliphatic hydroxyl groups is 1. The van der Waals surface area contributed by atoms with Crippen LogP contribution in [0.4, 0.5) is 0 Å². The van der Waals surface area contributed by atoms with Gasteiger partial charge in [0.2, 0.25) is 0 Å². The molecule has 6 unspecified atom stereocenters. The maximum absolute atomic E-state index is 11.7. The number of hydrogen-bond acceptors (Lipinski definition) is 4. The number of carbonyl (C=O) groups is 1. The summed E-state index contributed by atoms with van der Waals surface area (Å²) in [7, 11) is 0. The summed E-state index contributed by atoms with van der Waals surface area (Å²) in [4.78, 5) is 11.7. The molecule has 4 heteroatoms. The molecule has 1 N–H and O–H groups in total. The SMILES string of the molecule is C/C=C/C(C)C(O)/C=C/C(C)=C/CC1O[C@]2(CCC1C)CCC(CCCC)C(/C=C/C(C)=C/CC(=O)CC)O2. The minimum Gasteiger partial charge on any atom is -0.388 e. The largest absolute Gasteiger partial charge is 0.388 e. The molecule has 2 fully saturated rings. The molecule has 0 saturated carbocycles. The van der Waals surface area contributed by atoms with E-state index in [4.69, 9.17) is 9.47 Å². The first kappa shape index (κ1) is 33.5. The molecule has 2 aliphatic heterocycles. The number of unbranched alkanes of at least 4 members (excludes halogenated alkanes) is 1. The van der Waals surface area contributed by atoms with E-state index in [0.717, 1.165) is 43.3 Å². The van der Waals surface area contributed by atoms with E-state index in [1.165, 1.54) is 19.3 Å². The van der Waals surface area contributed by atoms with Gasteiger partial charge in [0.25, 0.3) is 0 Å². The molecule has 0 aliphatic carbocycles. The van der Waals surface area contributed by atoms with E-state index in [1.807, 2.05) is 51.2 Å². The molecule has 0 radical (unpaired) electrons. The van der Waals surface area contributed by atoms with Crippen LogP contribution in [0.2, 0.25) is 0 Å². The van der Waals surface area contributed by atoms with E-state index in [-0.39, 0.29) is 23.9 Å². The fourth-order valence-electron chi connectivity index (χ4n) is 5.53. The lowest BCUT2D eigenvalue weighted by Gasteiger charge is -2.49. The van der Waals surface area contributed by atoms with Gasteiger partial charge in [0.1, 0.15) is 5.78 Å². The summed E-state index contributed by atoms with van der Waals surface area (Å²) in [6.45, 7) is 14.6. The fraction of sp³-hybridized carbons (Fsp3) is 0.686. The van der Waals surface area contributed by atoms with Gasteiger partial charge in [-0.15, -0.1) is 0 Å². The van der Waals surface area contributed by atoms with Gasteiger partial charge in [-0.2, -0.15) is 0 Å². The van der Waals surface area contributed by atoms with E-state index in [9.17, 15) is 9.90 Å². The lowest BCUT2D eigenvalue weighted by molar-refractivity contribution is -0.324. The van der Waals surface area contributed by atoms with Gasteiger partial charge in [0.05, 0.1) is 18.3 Å². The zero-order valence-electron chi connectivity index (χ0n) is 25.8. The quantitative estimate of drug-likeness (QED) is 0.177. The molecule has 2 rings (SSSR count). The summed E-state index contributed by atoms with van der Waals surface area (Å²) in [6.07, 6.45) is 25.8. The number of carbonyl (C=O) groups excluding carboxylic acids is 1. The lowest BCUT2D eigenvalue weighted by Crippen LogP contribution is -2.52. The standard InChI is InChI=1S/C35H56O4/c1-8-11-13-30-23-25-35(39-34(30)21-17-26(4)14-18-31(36)10-3)24-22-29(7)33(38-35)20-16-27(5)15-19-32(37)28(6)12-9-2/h9,12,14-17,19,21,28-30,32-34,37H,8,10-11,13,18,20,22-25H2,1-7H3/b12-9+,19-15+,21-17+,26-14+,27-16+/t28?,29?,30?,32?,33?,34?,35-/m0/s1. The smallest absolute Gasteiger partial charge is 0.169 e. The molecule has 0 aromatic rings. The molecule has 2 heterocycles. The predicted molar refractivity (Wildman–Crippen MR) is 163 cm³/mol. The van der Waals surface area contributed by atoms with Gasteiger partial charge in [-0.1, -0.05) is 100 Å². The van der Waals surface area contributed by atoms with Crippen LogP contribution >= 0.6 is 0 Å². The highest BCUT2D eigenvalue weighted by Gasteiger charge is 2.46. The van der Waals surface area contributed by atoms with Crippen LogP contribution in [0.1, 0.15) is 113 Å². The first-order valence-corrected chi connectivity index (χ1v) is 15.5. The molecule has 4 nitrogen and oxygen atoms in total. The molecular formula is C35H56O4. The lowest BCUT2D eigenvalue weighted by atomic mass is 9.81. The van der Waals surface area contributed by atoms with E-state index in [0.29, 0.717) is 24.7 Å². The van der Waals surface area contributed by atoms with Gasteiger partial charge < -0.3 is 14.6 Å². The number of aliphatic hydroxyl groups excluding tert-OH is 1. The van der Waals surface area contributed by atoms with Crippen LogP contribution in [0.25, 0.3) is 0 Å². The average Bonchev–Trinajstić information content (AvgIpc) is 2.93. The molecule has 0 aromatic heterocycles. The van der Waals surface area contributed by atoms with Crippen LogP contribution in [0.3, 0.4) is 0 Å². The molecule has 39 heavy (non-hydrogen) atoms. The molecule has 220 valence electrons. The van der Waals surface area contributed by atoms with Crippen molar-refractivity contribution in [2.24, 2.45) is 17.8 Å². The highest BCUT2D eigenvalue weighted by molar-refractivity contribution is 5.79. The van der Waals surface area contributed by atoms with Crippen molar-refractivity contribution in [3.8, 4) is 0 Å². The van der Waals surface area contributed by atoms with Gasteiger partial charge in [-0.3, -0.25) is 4.79 Å². The molecule has 7 atom stereocenters. The van der Waals surface area contributed by atoms with Crippen molar-refractivity contribution in [2.45, 2.75) is 137 Å². The van der Waals surface area contributed by atoms with Crippen LogP contribution in [0, 0.1) is 17.8 Å². The second-order valence-corrected chi connectivity index (χ2v) is 11.9. The van der Waals surface area contributed by atoms with Gasteiger partial charge in [0, 0.05) is 31.6 Å².